The molecule has 25 heavy (non-hydrogen) atoms. The third kappa shape index (κ3) is 6.39. The van der Waals surface area contributed by atoms with Crippen LogP contribution in [0.4, 0.5) is 23.3 Å². The van der Waals surface area contributed by atoms with Gasteiger partial charge in [0.05, 0.1) is 11.9 Å². The van der Waals surface area contributed by atoms with Crippen molar-refractivity contribution < 1.29 is 9.53 Å². The summed E-state index contributed by atoms with van der Waals surface area (Å²) in [6.07, 6.45) is 1.29. The Morgan fingerprint density at radius 2 is 1.72 bits per heavy atom. The van der Waals surface area contributed by atoms with Crippen LogP contribution in [0.3, 0.4) is 0 Å². The summed E-state index contributed by atoms with van der Waals surface area (Å²) in [6.45, 7) is 0.483. The molecule has 0 aliphatic rings. The fourth-order valence-electron chi connectivity index (χ4n) is 2.06. The van der Waals surface area contributed by atoms with E-state index in [0.29, 0.717) is 48.1 Å². The molecule has 8 nitrogen and oxygen atoms in total. The van der Waals surface area contributed by atoms with Gasteiger partial charge in [-0.3, -0.25) is 4.79 Å². The smallest absolute Gasteiger partial charge is 0.235 e. The van der Waals surface area contributed by atoms with Gasteiger partial charge < -0.3 is 27.3 Å². The topological polar surface area (TPSA) is 142 Å². The molecule has 0 spiro atoms. The van der Waals surface area contributed by atoms with E-state index < -0.39 is 0 Å². The van der Waals surface area contributed by atoms with Crippen LogP contribution in [-0.4, -0.2) is 27.8 Å². The van der Waals surface area contributed by atoms with Crippen molar-refractivity contribution in [3.8, 4) is 5.75 Å². The molecule has 2 aromatic rings. The Labute approximate surface area is 164 Å². The Hall–Kier alpha value is -2.07. The van der Waals surface area contributed by atoms with Crippen molar-refractivity contribution in [1.29, 1.82) is 0 Å². The first-order valence-electron chi connectivity index (χ1n) is 7.25. The highest BCUT2D eigenvalue weighted by Crippen LogP contribution is 2.19. The number of carbonyl (C=O) groups excluding carboxylic acids is 1. The highest BCUT2D eigenvalue weighted by atomic mass is 79.9. The number of nitrogens with zero attached hydrogens (tertiary/aromatic N) is 2. The molecule has 7 N–H and O–H groups in total. The number of halogens is 2. The van der Waals surface area contributed by atoms with Crippen molar-refractivity contribution in [3.63, 3.8) is 0 Å². The highest BCUT2D eigenvalue weighted by Gasteiger charge is 2.08. The molecule has 0 aliphatic carbocycles. The quantitative estimate of drug-likeness (QED) is 0.354. The number of alkyl halides is 1. The van der Waals surface area contributed by atoms with Crippen molar-refractivity contribution in [2.75, 3.05) is 34.5 Å². The summed E-state index contributed by atoms with van der Waals surface area (Å²) >= 11 is 3.09. The molecule has 0 aliphatic heterocycles. The summed E-state index contributed by atoms with van der Waals surface area (Å²) in [5.41, 5.74) is 18.5. The average Bonchev–Trinajstić information content (AvgIpc) is 2.54. The molecule has 0 radical (unpaired) electrons. The van der Waals surface area contributed by atoms with Crippen molar-refractivity contribution in [2.24, 2.45) is 0 Å². The number of hydrogen-bond acceptors (Lipinski definition) is 7. The van der Waals surface area contributed by atoms with Crippen LogP contribution >= 0.6 is 32.9 Å². The van der Waals surface area contributed by atoms with E-state index in [0.717, 1.165) is 0 Å². The molecule has 2 rings (SSSR count). The molecule has 136 valence electrons. The summed E-state index contributed by atoms with van der Waals surface area (Å²) in [5, 5.41) is 2.99. The molecule has 0 saturated heterocycles. The van der Waals surface area contributed by atoms with Crippen molar-refractivity contribution in [3.05, 3.63) is 29.8 Å². The third-order valence-electron chi connectivity index (χ3n) is 3.19. The van der Waals surface area contributed by atoms with Gasteiger partial charge in [0, 0.05) is 11.3 Å². The van der Waals surface area contributed by atoms with E-state index >= 15 is 0 Å². The molecule has 0 fully saturated rings. The lowest BCUT2D eigenvalue weighted by Gasteiger charge is -2.10. The SMILES string of the molecule is Br.Nc1nc(N)c(CCCOc2ccc(NC(=O)CBr)cc2)c(N)n1. The van der Waals surface area contributed by atoms with Gasteiger partial charge in [-0.1, -0.05) is 15.9 Å². The van der Waals surface area contributed by atoms with Gasteiger partial charge in [0.15, 0.2) is 0 Å². The molecule has 0 saturated carbocycles. The van der Waals surface area contributed by atoms with Crippen LogP contribution in [0, 0.1) is 0 Å². The van der Waals surface area contributed by atoms with E-state index in [-0.39, 0.29) is 34.2 Å². The third-order valence-corrected chi connectivity index (χ3v) is 3.70. The van der Waals surface area contributed by atoms with Crippen LogP contribution in [0.2, 0.25) is 0 Å². The molecule has 0 bridgehead atoms. The number of nitrogens with one attached hydrogen (secondary N) is 1. The predicted molar refractivity (Wildman–Crippen MR) is 108 cm³/mol. The second-order valence-corrected chi connectivity index (χ2v) is 5.55. The van der Waals surface area contributed by atoms with E-state index in [1.165, 1.54) is 0 Å². The first-order chi connectivity index (χ1) is 11.5. The Balaban J connectivity index is 0.00000312. The van der Waals surface area contributed by atoms with E-state index in [1.54, 1.807) is 24.3 Å². The van der Waals surface area contributed by atoms with Gasteiger partial charge in [-0.15, -0.1) is 17.0 Å². The number of hydrogen-bond donors (Lipinski definition) is 4. The highest BCUT2D eigenvalue weighted by molar-refractivity contribution is 9.09. The summed E-state index contributed by atoms with van der Waals surface area (Å²) in [6, 6.07) is 7.14. The fraction of sp³-hybridized carbons (Fsp3) is 0.267. The van der Waals surface area contributed by atoms with Gasteiger partial charge in [0.25, 0.3) is 0 Å². The summed E-state index contributed by atoms with van der Waals surface area (Å²) in [7, 11) is 0. The molecule has 0 unspecified atom stereocenters. The molecule has 1 heterocycles. The molecule has 1 aromatic heterocycles. The van der Waals surface area contributed by atoms with E-state index in [1.807, 2.05) is 0 Å². The van der Waals surface area contributed by atoms with Gasteiger partial charge in [-0.2, -0.15) is 9.97 Å². The zero-order chi connectivity index (χ0) is 17.5. The Kier molecular flexibility index (Phi) is 8.42. The Morgan fingerprint density at radius 3 is 2.28 bits per heavy atom. The van der Waals surface area contributed by atoms with Crippen molar-refractivity contribution in [2.45, 2.75) is 12.8 Å². The standard InChI is InChI=1S/C15H19BrN6O2.BrH/c16-8-12(23)20-9-3-5-10(6-4-9)24-7-1-2-11-13(17)21-15(19)22-14(11)18;/h3-6H,1-2,7-8H2,(H,20,23)(H6,17,18,19,21,22);1H. The van der Waals surface area contributed by atoms with Crippen LogP contribution in [0.25, 0.3) is 0 Å². The van der Waals surface area contributed by atoms with Gasteiger partial charge in [0.1, 0.15) is 17.4 Å². The lowest BCUT2D eigenvalue weighted by atomic mass is 10.1. The number of benzene rings is 1. The number of aromatic nitrogens is 2. The minimum atomic E-state index is -0.107. The normalized spacial score (nSPS) is 9.96. The molecule has 10 heteroatoms. The second-order valence-electron chi connectivity index (χ2n) is 4.99. The summed E-state index contributed by atoms with van der Waals surface area (Å²) in [4.78, 5) is 19.1. The van der Waals surface area contributed by atoms with E-state index in [2.05, 4.69) is 31.2 Å². The van der Waals surface area contributed by atoms with Crippen LogP contribution < -0.4 is 27.3 Å². The van der Waals surface area contributed by atoms with Gasteiger partial charge in [-0.05, 0) is 37.1 Å². The first-order valence-corrected chi connectivity index (χ1v) is 8.37. The van der Waals surface area contributed by atoms with Crippen molar-refractivity contribution >= 4 is 62.1 Å². The lowest BCUT2D eigenvalue weighted by molar-refractivity contribution is -0.113. The maximum absolute atomic E-state index is 11.3. The predicted octanol–water partition coefficient (Wildman–Crippen LogP) is 2.15. The average molecular weight is 476 g/mol. The molecule has 1 amide bonds. The molecular weight excluding hydrogens is 456 g/mol. The Bertz CT molecular complexity index is 689. The second kappa shape index (κ2) is 10.0. The number of ether oxygens (including phenoxy) is 1. The van der Waals surface area contributed by atoms with Crippen molar-refractivity contribution in [1.82, 2.24) is 9.97 Å². The number of nitrogen functional groups attached to an aromatic ring is 3. The maximum Gasteiger partial charge on any atom is 0.235 e. The van der Waals surface area contributed by atoms with Crippen LogP contribution in [0.15, 0.2) is 24.3 Å². The fourth-order valence-corrected chi connectivity index (χ4v) is 2.20. The van der Waals surface area contributed by atoms with Gasteiger partial charge in [0.2, 0.25) is 11.9 Å². The molecule has 0 atom stereocenters. The Morgan fingerprint density at radius 1 is 1.12 bits per heavy atom. The number of anilines is 4. The molecule has 1 aromatic carbocycles. The number of rotatable bonds is 7. The first kappa shape index (κ1) is 21.0. The minimum Gasteiger partial charge on any atom is -0.494 e. The molecular formula is C15H20Br2N6O2. The van der Waals surface area contributed by atoms with Gasteiger partial charge >= 0.3 is 0 Å². The van der Waals surface area contributed by atoms with Crippen LogP contribution in [-0.2, 0) is 11.2 Å². The monoisotopic (exact) mass is 474 g/mol. The largest absolute Gasteiger partial charge is 0.494 e. The van der Waals surface area contributed by atoms with E-state index in [9.17, 15) is 4.79 Å². The van der Waals surface area contributed by atoms with Crippen LogP contribution in [0.5, 0.6) is 5.75 Å². The zero-order valence-electron chi connectivity index (χ0n) is 13.4. The number of amides is 1. The lowest BCUT2D eigenvalue weighted by Crippen LogP contribution is -2.12. The number of carbonyl (C=O) groups is 1. The summed E-state index contributed by atoms with van der Waals surface area (Å²) in [5.74, 6) is 1.27. The number of nitrogens with two attached hydrogens (primary N) is 3. The summed E-state index contributed by atoms with van der Waals surface area (Å²) < 4.78 is 5.65. The van der Waals surface area contributed by atoms with E-state index in [4.69, 9.17) is 21.9 Å². The van der Waals surface area contributed by atoms with Gasteiger partial charge in [-0.25, -0.2) is 0 Å². The van der Waals surface area contributed by atoms with Crippen LogP contribution in [0.1, 0.15) is 12.0 Å². The zero-order valence-corrected chi connectivity index (χ0v) is 16.7. The minimum absolute atomic E-state index is 0. The maximum atomic E-state index is 11.3.